The van der Waals surface area contributed by atoms with Gasteiger partial charge in [-0.15, -0.1) is 0 Å². The largest absolute Gasteiger partial charge is 0.392 e. The van der Waals surface area contributed by atoms with Gasteiger partial charge in [0.25, 0.3) is 0 Å². The summed E-state index contributed by atoms with van der Waals surface area (Å²) in [6, 6.07) is 0. The molecule has 0 saturated carbocycles. The van der Waals surface area contributed by atoms with E-state index in [1.807, 2.05) is 6.92 Å². The van der Waals surface area contributed by atoms with E-state index in [9.17, 15) is 10.1 Å². The number of hydrogen-bond acceptors (Lipinski definition) is 6. The molecule has 0 aliphatic carbocycles. The molecule has 1 aromatic rings. The van der Waals surface area contributed by atoms with E-state index in [1.54, 1.807) is 18.5 Å². The molecule has 0 saturated heterocycles. The number of aromatic nitrogens is 2. The van der Waals surface area contributed by atoms with Crippen molar-refractivity contribution in [2.75, 3.05) is 25.0 Å². The van der Waals surface area contributed by atoms with Gasteiger partial charge in [-0.25, -0.2) is 4.68 Å². The molecule has 108 valence electrons. The SMILES string of the molecule is CCn1nc(C)c([N+](=O)[O-])c1NCCNCC(C)O. The molecule has 1 unspecified atom stereocenters. The molecule has 0 bridgehead atoms. The number of rotatable bonds is 8. The Kier molecular flexibility index (Phi) is 5.71. The number of hydrogen-bond donors (Lipinski definition) is 3. The van der Waals surface area contributed by atoms with E-state index in [1.165, 1.54) is 0 Å². The van der Waals surface area contributed by atoms with Gasteiger partial charge in [-0.3, -0.25) is 10.1 Å². The van der Waals surface area contributed by atoms with Gasteiger partial charge in [0.05, 0.1) is 11.0 Å². The van der Waals surface area contributed by atoms with Crippen molar-refractivity contribution in [1.82, 2.24) is 15.1 Å². The maximum absolute atomic E-state index is 11.0. The van der Waals surface area contributed by atoms with E-state index in [4.69, 9.17) is 5.11 Å². The zero-order valence-corrected chi connectivity index (χ0v) is 11.5. The second kappa shape index (κ2) is 7.05. The zero-order chi connectivity index (χ0) is 14.4. The summed E-state index contributed by atoms with van der Waals surface area (Å²) in [6.07, 6.45) is -0.405. The van der Waals surface area contributed by atoms with Crippen molar-refractivity contribution in [1.29, 1.82) is 0 Å². The van der Waals surface area contributed by atoms with Gasteiger partial charge in [0.1, 0.15) is 5.69 Å². The number of aliphatic hydroxyl groups excluding tert-OH is 1. The number of aryl methyl sites for hydroxylation is 2. The van der Waals surface area contributed by atoms with Crippen LogP contribution in [0.25, 0.3) is 0 Å². The number of nitrogens with one attached hydrogen (secondary N) is 2. The minimum Gasteiger partial charge on any atom is -0.392 e. The Morgan fingerprint density at radius 1 is 1.53 bits per heavy atom. The molecule has 0 aromatic carbocycles. The number of nitro groups is 1. The standard InChI is InChI=1S/C11H21N5O3/c1-4-15-11(10(16(18)19)9(3)14-15)13-6-5-12-7-8(2)17/h8,12-13,17H,4-7H2,1-3H3. The number of nitrogens with zero attached hydrogens (tertiary/aromatic N) is 3. The number of anilines is 1. The van der Waals surface area contributed by atoms with Crippen LogP contribution in [0, 0.1) is 17.0 Å². The third-order valence-corrected chi connectivity index (χ3v) is 2.61. The average molecular weight is 271 g/mol. The first kappa shape index (κ1) is 15.4. The van der Waals surface area contributed by atoms with Crippen molar-refractivity contribution >= 4 is 11.5 Å². The summed E-state index contributed by atoms with van der Waals surface area (Å²) in [5, 5.41) is 30.3. The Hall–Kier alpha value is -1.67. The Balaban J connectivity index is 2.63. The number of aliphatic hydroxyl groups is 1. The van der Waals surface area contributed by atoms with E-state index in [0.717, 1.165) is 0 Å². The Labute approximate surface area is 112 Å². The molecule has 0 fully saturated rings. The summed E-state index contributed by atoms with van der Waals surface area (Å²) < 4.78 is 1.59. The molecular weight excluding hydrogens is 250 g/mol. The van der Waals surface area contributed by atoms with Crippen LogP contribution in [0.3, 0.4) is 0 Å². The third-order valence-electron chi connectivity index (χ3n) is 2.61. The molecule has 1 atom stereocenters. The Bertz CT molecular complexity index is 430. The first-order valence-corrected chi connectivity index (χ1v) is 6.31. The van der Waals surface area contributed by atoms with E-state index >= 15 is 0 Å². The van der Waals surface area contributed by atoms with Crippen LogP contribution in [0.2, 0.25) is 0 Å². The summed E-state index contributed by atoms with van der Waals surface area (Å²) in [5.41, 5.74) is 0.434. The first-order valence-electron chi connectivity index (χ1n) is 6.31. The fourth-order valence-electron chi connectivity index (χ4n) is 1.77. The molecule has 19 heavy (non-hydrogen) atoms. The molecule has 8 nitrogen and oxygen atoms in total. The lowest BCUT2D eigenvalue weighted by Crippen LogP contribution is -2.29. The lowest BCUT2D eigenvalue weighted by Gasteiger charge is -2.09. The van der Waals surface area contributed by atoms with Gasteiger partial charge in [0, 0.05) is 26.2 Å². The highest BCUT2D eigenvalue weighted by atomic mass is 16.6. The van der Waals surface area contributed by atoms with Gasteiger partial charge in [-0.2, -0.15) is 5.10 Å². The van der Waals surface area contributed by atoms with Crippen LogP contribution in [0.15, 0.2) is 0 Å². The van der Waals surface area contributed by atoms with Gasteiger partial charge in [0.15, 0.2) is 0 Å². The van der Waals surface area contributed by atoms with Crippen LogP contribution >= 0.6 is 0 Å². The van der Waals surface area contributed by atoms with Crippen molar-refractivity contribution in [3.63, 3.8) is 0 Å². The molecule has 3 N–H and O–H groups in total. The van der Waals surface area contributed by atoms with Crippen LogP contribution in [0.1, 0.15) is 19.5 Å². The summed E-state index contributed by atoms with van der Waals surface area (Å²) in [4.78, 5) is 10.6. The monoisotopic (exact) mass is 271 g/mol. The van der Waals surface area contributed by atoms with E-state index in [-0.39, 0.29) is 5.69 Å². The Morgan fingerprint density at radius 2 is 2.21 bits per heavy atom. The summed E-state index contributed by atoms with van der Waals surface area (Å²) >= 11 is 0. The van der Waals surface area contributed by atoms with E-state index in [2.05, 4.69) is 15.7 Å². The van der Waals surface area contributed by atoms with Gasteiger partial charge >= 0.3 is 5.69 Å². The molecule has 0 amide bonds. The van der Waals surface area contributed by atoms with Crippen molar-refractivity contribution < 1.29 is 10.0 Å². The first-order chi connectivity index (χ1) is 8.97. The van der Waals surface area contributed by atoms with Gasteiger partial charge in [0.2, 0.25) is 5.82 Å². The predicted molar refractivity (Wildman–Crippen MR) is 72.3 cm³/mol. The minimum atomic E-state index is -0.417. The fraction of sp³-hybridized carbons (Fsp3) is 0.727. The third kappa shape index (κ3) is 4.18. The minimum absolute atomic E-state index is 0.0253. The van der Waals surface area contributed by atoms with Crippen LogP contribution in [-0.2, 0) is 6.54 Å². The summed E-state index contributed by atoms with van der Waals surface area (Å²) in [7, 11) is 0. The highest BCUT2D eigenvalue weighted by Gasteiger charge is 2.24. The molecule has 0 radical (unpaired) electrons. The quantitative estimate of drug-likeness (QED) is 0.361. The highest BCUT2D eigenvalue weighted by molar-refractivity contribution is 5.59. The van der Waals surface area contributed by atoms with Crippen LogP contribution < -0.4 is 10.6 Å². The van der Waals surface area contributed by atoms with Crippen LogP contribution in [0.4, 0.5) is 11.5 Å². The smallest absolute Gasteiger partial charge is 0.333 e. The molecule has 8 heteroatoms. The summed E-state index contributed by atoms with van der Waals surface area (Å²) in [5.74, 6) is 0.434. The molecule has 1 rings (SSSR count). The van der Waals surface area contributed by atoms with Crippen LogP contribution in [0.5, 0.6) is 0 Å². The normalized spacial score (nSPS) is 12.4. The maximum Gasteiger partial charge on any atom is 0.333 e. The van der Waals surface area contributed by atoms with E-state index < -0.39 is 11.0 Å². The van der Waals surface area contributed by atoms with Gasteiger partial charge in [-0.1, -0.05) is 0 Å². The molecule has 0 aliphatic rings. The molecule has 1 aromatic heterocycles. The molecular formula is C11H21N5O3. The van der Waals surface area contributed by atoms with Crippen molar-refractivity contribution in [2.45, 2.75) is 33.4 Å². The second-order valence-corrected chi connectivity index (χ2v) is 4.34. The van der Waals surface area contributed by atoms with E-state index in [0.29, 0.717) is 37.7 Å². The average Bonchev–Trinajstić information content (AvgIpc) is 2.64. The molecule has 1 heterocycles. The van der Waals surface area contributed by atoms with Gasteiger partial charge < -0.3 is 15.7 Å². The Morgan fingerprint density at radius 3 is 2.74 bits per heavy atom. The maximum atomic E-state index is 11.0. The fourth-order valence-corrected chi connectivity index (χ4v) is 1.77. The highest BCUT2D eigenvalue weighted by Crippen LogP contribution is 2.27. The summed E-state index contributed by atoms with van der Waals surface area (Å²) in [6.45, 7) is 7.40. The van der Waals surface area contributed by atoms with Crippen molar-refractivity contribution in [3.8, 4) is 0 Å². The van der Waals surface area contributed by atoms with Gasteiger partial charge in [-0.05, 0) is 20.8 Å². The second-order valence-electron chi connectivity index (χ2n) is 4.34. The topological polar surface area (TPSA) is 105 Å². The lowest BCUT2D eigenvalue weighted by atomic mass is 10.3. The lowest BCUT2D eigenvalue weighted by molar-refractivity contribution is -0.384. The predicted octanol–water partition coefficient (Wildman–Crippen LogP) is 0.502. The molecule has 0 spiro atoms. The van der Waals surface area contributed by atoms with Crippen molar-refractivity contribution in [2.24, 2.45) is 0 Å². The van der Waals surface area contributed by atoms with Crippen molar-refractivity contribution in [3.05, 3.63) is 15.8 Å². The zero-order valence-electron chi connectivity index (χ0n) is 11.5. The molecule has 0 aliphatic heterocycles. The van der Waals surface area contributed by atoms with Crippen LogP contribution in [-0.4, -0.2) is 45.5 Å².